The van der Waals surface area contributed by atoms with Crippen LogP contribution in [-0.2, 0) is 4.79 Å². The van der Waals surface area contributed by atoms with Gasteiger partial charge in [-0.05, 0) is 30.7 Å². The Hall–Kier alpha value is -1.02. The van der Waals surface area contributed by atoms with Crippen LogP contribution in [0.15, 0.2) is 35.2 Å². The number of rotatable bonds is 2. The summed E-state index contributed by atoms with van der Waals surface area (Å²) in [6.07, 6.45) is 3.34. The average molecular weight is 178 g/mol. The summed E-state index contributed by atoms with van der Waals surface area (Å²) in [7, 11) is 0. The van der Waals surface area contributed by atoms with Gasteiger partial charge >= 0.3 is 0 Å². The van der Waals surface area contributed by atoms with Crippen molar-refractivity contribution in [2.75, 3.05) is 0 Å². The number of thiol groups is 1. The second kappa shape index (κ2) is 4.12. The van der Waals surface area contributed by atoms with Crippen LogP contribution in [0.25, 0.3) is 6.08 Å². The first-order valence-electron chi connectivity index (χ1n) is 3.66. The van der Waals surface area contributed by atoms with Gasteiger partial charge in [-0.1, -0.05) is 18.2 Å². The molecule has 0 bridgehead atoms. The van der Waals surface area contributed by atoms with Gasteiger partial charge in [-0.2, -0.15) is 0 Å². The van der Waals surface area contributed by atoms with E-state index in [0.717, 1.165) is 10.5 Å². The van der Waals surface area contributed by atoms with Crippen LogP contribution in [0.5, 0.6) is 0 Å². The number of hydrogen-bond donors (Lipinski definition) is 1. The Kier molecular flexibility index (Phi) is 3.11. The number of allylic oxidation sites excluding steroid dienone is 1. The van der Waals surface area contributed by atoms with Crippen LogP contribution in [0.1, 0.15) is 12.5 Å². The maximum Gasteiger partial charge on any atom is 0.152 e. The Morgan fingerprint density at radius 3 is 2.42 bits per heavy atom. The van der Waals surface area contributed by atoms with Crippen molar-refractivity contribution in [3.63, 3.8) is 0 Å². The molecule has 1 aromatic rings. The lowest BCUT2D eigenvalue weighted by Crippen LogP contribution is -1.79. The molecule has 1 rings (SSSR count). The number of carbonyl (C=O) groups excluding carboxylic acids is 1. The first-order chi connectivity index (χ1) is 5.68. The fraction of sp³-hybridized carbons (Fsp3) is 0.100. The van der Waals surface area contributed by atoms with Crippen molar-refractivity contribution in [1.29, 1.82) is 0 Å². The Morgan fingerprint density at radius 2 is 1.92 bits per heavy atom. The highest BCUT2D eigenvalue weighted by atomic mass is 32.1. The van der Waals surface area contributed by atoms with Crippen molar-refractivity contribution in [1.82, 2.24) is 0 Å². The first-order valence-corrected chi connectivity index (χ1v) is 4.11. The topological polar surface area (TPSA) is 17.1 Å². The smallest absolute Gasteiger partial charge is 0.152 e. The zero-order valence-corrected chi connectivity index (χ0v) is 7.71. The van der Waals surface area contributed by atoms with Crippen LogP contribution in [0.3, 0.4) is 0 Å². The predicted octanol–water partition coefficient (Wildman–Crippen LogP) is 2.58. The summed E-state index contributed by atoms with van der Waals surface area (Å²) >= 11 is 4.15. The monoisotopic (exact) mass is 178 g/mol. The summed E-state index contributed by atoms with van der Waals surface area (Å²) in [5.41, 5.74) is 1.02. The lowest BCUT2D eigenvalue weighted by atomic mass is 10.2. The highest BCUT2D eigenvalue weighted by Gasteiger charge is 1.87. The van der Waals surface area contributed by atoms with Gasteiger partial charge in [0.25, 0.3) is 0 Å². The molecule has 0 amide bonds. The van der Waals surface area contributed by atoms with Gasteiger partial charge in [0.2, 0.25) is 0 Å². The molecule has 0 unspecified atom stereocenters. The van der Waals surface area contributed by atoms with Crippen molar-refractivity contribution in [2.24, 2.45) is 0 Å². The molecule has 0 atom stereocenters. The third kappa shape index (κ3) is 2.93. The molecule has 0 aromatic heterocycles. The van der Waals surface area contributed by atoms with E-state index in [1.807, 2.05) is 24.3 Å². The molecule has 0 aliphatic carbocycles. The molecule has 0 N–H and O–H groups in total. The average Bonchev–Trinajstić information content (AvgIpc) is 2.03. The van der Waals surface area contributed by atoms with Gasteiger partial charge in [-0.25, -0.2) is 0 Å². The lowest BCUT2D eigenvalue weighted by molar-refractivity contribution is -0.112. The van der Waals surface area contributed by atoms with E-state index in [0.29, 0.717) is 0 Å². The van der Waals surface area contributed by atoms with Crippen molar-refractivity contribution in [3.8, 4) is 0 Å². The summed E-state index contributed by atoms with van der Waals surface area (Å²) in [6.45, 7) is 1.53. The zero-order valence-electron chi connectivity index (χ0n) is 6.82. The summed E-state index contributed by atoms with van der Waals surface area (Å²) in [5.74, 6) is 0.0601. The zero-order chi connectivity index (χ0) is 8.97. The second-order valence-corrected chi connectivity index (χ2v) is 3.05. The molecule has 62 valence electrons. The van der Waals surface area contributed by atoms with E-state index in [2.05, 4.69) is 12.6 Å². The van der Waals surface area contributed by atoms with E-state index in [1.54, 1.807) is 12.2 Å². The molecule has 0 saturated heterocycles. The van der Waals surface area contributed by atoms with Crippen LogP contribution in [0.4, 0.5) is 0 Å². The Morgan fingerprint density at radius 1 is 1.33 bits per heavy atom. The van der Waals surface area contributed by atoms with Gasteiger partial charge in [0.1, 0.15) is 0 Å². The van der Waals surface area contributed by atoms with Gasteiger partial charge in [0.05, 0.1) is 0 Å². The molecule has 0 spiro atoms. The molecule has 2 heteroatoms. The molecule has 1 aromatic carbocycles. The molecule has 12 heavy (non-hydrogen) atoms. The van der Waals surface area contributed by atoms with Gasteiger partial charge < -0.3 is 0 Å². The van der Waals surface area contributed by atoms with Gasteiger partial charge in [-0.3, -0.25) is 4.79 Å². The van der Waals surface area contributed by atoms with Crippen molar-refractivity contribution in [2.45, 2.75) is 11.8 Å². The largest absolute Gasteiger partial charge is 0.295 e. The summed E-state index contributed by atoms with van der Waals surface area (Å²) in [4.78, 5) is 11.5. The Bertz CT molecular complexity index is 298. The second-order valence-electron chi connectivity index (χ2n) is 2.54. The van der Waals surface area contributed by atoms with E-state index in [9.17, 15) is 4.79 Å². The normalized spacial score (nSPS) is 10.5. The van der Waals surface area contributed by atoms with E-state index in [-0.39, 0.29) is 5.78 Å². The quantitative estimate of drug-likeness (QED) is 0.544. The van der Waals surface area contributed by atoms with E-state index >= 15 is 0 Å². The summed E-state index contributed by atoms with van der Waals surface area (Å²) in [5, 5.41) is 0. The highest BCUT2D eigenvalue weighted by molar-refractivity contribution is 7.80. The Labute approximate surface area is 77.5 Å². The maximum atomic E-state index is 10.6. The summed E-state index contributed by atoms with van der Waals surface area (Å²) in [6, 6.07) is 7.62. The predicted molar refractivity (Wildman–Crippen MR) is 53.4 cm³/mol. The molecular formula is C10H10OS. The number of ketones is 1. The van der Waals surface area contributed by atoms with Crippen LogP contribution in [0.2, 0.25) is 0 Å². The highest BCUT2D eigenvalue weighted by Crippen LogP contribution is 2.08. The lowest BCUT2D eigenvalue weighted by Gasteiger charge is -1.92. The molecule has 0 radical (unpaired) electrons. The standard InChI is InChI=1S/C10H10OS/c1-8(11)2-3-9-4-6-10(12)7-5-9/h2-7,12H,1H3/b3-2+. The van der Waals surface area contributed by atoms with E-state index in [1.165, 1.54) is 6.92 Å². The van der Waals surface area contributed by atoms with Crippen LogP contribution >= 0.6 is 12.6 Å². The molecule has 0 aliphatic heterocycles. The van der Waals surface area contributed by atoms with Crippen molar-refractivity contribution >= 4 is 24.5 Å². The minimum absolute atomic E-state index is 0.0601. The number of benzene rings is 1. The van der Waals surface area contributed by atoms with Crippen LogP contribution in [-0.4, -0.2) is 5.78 Å². The fourth-order valence-corrected chi connectivity index (χ4v) is 0.948. The van der Waals surface area contributed by atoms with Gasteiger partial charge in [0.15, 0.2) is 5.78 Å². The number of carbonyl (C=O) groups is 1. The van der Waals surface area contributed by atoms with E-state index < -0.39 is 0 Å². The molecule has 1 nitrogen and oxygen atoms in total. The van der Waals surface area contributed by atoms with E-state index in [4.69, 9.17) is 0 Å². The molecular weight excluding hydrogens is 168 g/mol. The molecule has 0 fully saturated rings. The van der Waals surface area contributed by atoms with Crippen molar-refractivity contribution in [3.05, 3.63) is 35.9 Å². The molecule has 0 aliphatic rings. The minimum atomic E-state index is 0.0601. The minimum Gasteiger partial charge on any atom is -0.295 e. The summed E-state index contributed by atoms with van der Waals surface area (Å²) < 4.78 is 0. The van der Waals surface area contributed by atoms with Crippen LogP contribution < -0.4 is 0 Å². The third-order valence-electron chi connectivity index (χ3n) is 1.40. The van der Waals surface area contributed by atoms with Gasteiger partial charge in [-0.15, -0.1) is 12.6 Å². The van der Waals surface area contributed by atoms with Crippen molar-refractivity contribution < 1.29 is 4.79 Å². The first kappa shape index (κ1) is 9.07. The molecule has 0 heterocycles. The molecule has 0 saturated carbocycles. The number of hydrogen-bond acceptors (Lipinski definition) is 2. The third-order valence-corrected chi connectivity index (χ3v) is 1.70. The maximum absolute atomic E-state index is 10.6. The van der Waals surface area contributed by atoms with Gasteiger partial charge in [0, 0.05) is 4.90 Å². The fourth-order valence-electron chi connectivity index (χ4n) is 0.799. The SMILES string of the molecule is CC(=O)/C=C/c1ccc(S)cc1. The Balaban J connectivity index is 2.77. The van der Waals surface area contributed by atoms with Crippen LogP contribution in [0, 0.1) is 0 Å².